The first kappa shape index (κ1) is 7.07. The van der Waals surface area contributed by atoms with E-state index in [0.29, 0.717) is 12.1 Å². The lowest BCUT2D eigenvalue weighted by Gasteiger charge is -2.14. The third kappa shape index (κ3) is 2.35. The second kappa shape index (κ2) is 2.70. The summed E-state index contributed by atoms with van der Waals surface area (Å²) in [4.78, 5) is 0. The van der Waals surface area contributed by atoms with Crippen LogP contribution in [0.25, 0.3) is 0 Å². The zero-order chi connectivity index (χ0) is 6.85. The highest BCUT2D eigenvalue weighted by Crippen LogP contribution is 2.32. The fourth-order valence-corrected chi connectivity index (χ4v) is 1.06. The fraction of sp³-hybridized carbons (Fsp3) is 0.875. The molecular weight excluding hydrogens is 110 g/mol. The molecule has 0 aliphatic heterocycles. The molecule has 1 atom stereocenters. The van der Waals surface area contributed by atoms with E-state index in [1.807, 2.05) is 0 Å². The maximum absolute atomic E-state index is 4.03. The van der Waals surface area contributed by atoms with Gasteiger partial charge in [0.25, 0.3) is 0 Å². The van der Waals surface area contributed by atoms with Crippen molar-refractivity contribution in [1.29, 1.82) is 0 Å². The summed E-state index contributed by atoms with van der Waals surface area (Å²) >= 11 is 0. The van der Waals surface area contributed by atoms with Gasteiger partial charge in [0, 0.05) is 12.1 Å². The van der Waals surface area contributed by atoms with Crippen LogP contribution in [-0.4, -0.2) is 12.1 Å². The van der Waals surface area contributed by atoms with Crippen molar-refractivity contribution in [2.45, 2.75) is 38.8 Å². The van der Waals surface area contributed by atoms with Crippen LogP contribution < -0.4 is 5.32 Å². The van der Waals surface area contributed by atoms with Crippen LogP contribution in [0.2, 0.25) is 0 Å². The Hall–Kier alpha value is -0.0400. The van der Waals surface area contributed by atoms with E-state index in [9.17, 15) is 0 Å². The van der Waals surface area contributed by atoms with Gasteiger partial charge in [-0.05, 0) is 25.7 Å². The Morgan fingerprint density at radius 1 is 1.44 bits per heavy atom. The third-order valence-corrected chi connectivity index (χ3v) is 1.74. The van der Waals surface area contributed by atoms with E-state index in [2.05, 4.69) is 26.1 Å². The molecule has 53 valence electrons. The summed E-state index contributed by atoms with van der Waals surface area (Å²) in [6.07, 6.45) is 2.77. The zero-order valence-corrected chi connectivity index (χ0v) is 6.35. The van der Waals surface area contributed by atoms with Crippen LogP contribution in [0.1, 0.15) is 26.7 Å². The van der Waals surface area contributed by atoms with Crippen LogP contribution in [0.15, 0.2) is 0 Å². The summed E-state index contributed by atoms with van der Waals surface area (Å²) in [6.45, 7) is 8.36. The summed E-state index contributed by atoms with van der Waals surface area (Å²) in [7, 11) is 0. The summed E-state index contributed by atoms with van der Waals surface area (Å²) in [5.41, 5.74) is 0. The minimum Gasteiger partial charge on any atom is -0.312 e. The van der Waals surface area contributed by atoms with Gasteiger partial charge >= 0.3 is 0 Å². The second-order valence-electron chi connectivity index (χ2n) is 3.27. The average molecular weight is 126 g/mol. The normalized spacial score (nSPS) is 22.7. The molecule has 9 heavy (non-hydrogen) atoms. The predicted octanol–water partition coefficient (Wildman–Crippen LogP) is 1.60. The largest absolute Gasteiger partial charge is 0.312 e. The van der Waals surface area contributed by atoms with Gasteiger partial charge in [-0.2, -0.15) is 0 Å². The van der Waals surface area contributed by atoms with Gasteiger partial charge in [-0.25, -0.2) is 0 Å². The minimum absolute atomic E-state index is 0.505. The van der Waals surface area contributed by atoms with Crippen LogP contribution in [0.5, 0.6) is 0 Å². The van der Waals surface area contributed by atoms with Crippen LogP contribution in [0.3, 0.4) is 0 Å². The van der Waals surface area contributed by atoms with Crippen molar-refractivity contribution in [3.05, 3.63) is 6.92 Å². The molecule has 0 aromatic carbocycles. The highest BCUT2D eigenvalue weighted by molar-refractivity contribution is 4.88. The molecular formula is C8H16N. The molecule has 1 aliphatic rings. The van der Waals surface area contributed by atoms with Crippen molar-refractivity contribution >= 4 is 0 Å². The molecule has 1 rings (SSSR count). The quantitative estimate of drug-likeness (QED) is 0.605. The maximum Gasteiger partial charge on any atom is 0.00982 e. The Balaban J connectivity index is 2.10. The molecule has 0 amide bonds. The molecule has 0 saturated heterocycles. The third-order valence-electron chi connectivity index (χ3n) is 1.74. The van der Waals surface area contributed by atoms with Gasteiger partial charge in [0.1, 0.15) is 0 Å². The highest BCUT2D eigenvalue weighted by Gasteiger charge is 2.27. The topological polar surface area (TPSA) is 12.0 Å². The van der Waals surface area contributed by atoms with Crippen LogP contribution in [0.4, 0.5) is 0 Å². The van der Waals surface area contributed by atoms with Gasteiger partial charge in [-0.15, -0.1) is 0 Å². The Morgan fingerprint density at radius 3 is 2.33 bits per heavy atom. The van der Waals surface area contributed by atoms with Crippen molar-refractivity contribution in [3.63, 3.8) is 0 Å². The van der Waals surface area contributed by atoms with Crippen LogP contribution >= 0.6 is 0 Å². The summed E-state index contributed by atoms with van der Waals surface area (Å²) in [5, 5.41) is 3.39. The molecule has 1 unspecified atom stereocenters. The van der Waals surface area contributed by atoms with Gasteiger partial charge in [0.15, 0.2) is 0 Å². The van der Waals surface area contributed by atoms with Gasteiger partial charge in [0.2, 0.25) is 0 Å². The molecule has 1 fully saturated rings. The minimum atomic E-state index is 0.505. The molecule has 1 N–H and O–H groups in total. The smallest absolute Gasteiger partial charge is 0.00982 e. The average Bonchev–Trinajstić information content (AvgIpc) is 2.40. The Morgan fingerprint density at radius 2 is 2.00 bits per heavy atom. The predicted molar refractivity (Wildman–Crippen MR) is 40.1 cm³/mol. The van der Waals surface area contributed by atoms with Crippen molar-refractivity contribution in [1.82, 2.24) is 5.32 Å². The zero-order valence-electron chi connectivity index (χ0n) is 6.35. The lowest BCUT2D eigenvalue weighted by Crippen LogP contribution is -2.33. The van der Waals surface area contributed by atoms with Crippen molar-refractivity contribution in [2.75, 3.05) is 0 Å². The first-order chi connectivity index (χ1) is 4.20. The number of hydrogen-bond donors (Lipinski definition) is 1. The molecule has 0 bridgehead atoms. The molecule has 0 spiro atoms. The Labute approximate surface area is 57.8 Å². The van der Waals surface area contributed by atoms with E-state index in [0.717, 1.165) is 5.92 Å². The van der Waals surface area contributed by atoms with Gasteiger partial charge in [-0.3, -0.25) is 0 Å². The first-order valence-electron chi connectivity index (χ1n) is 3.79. The van der Waals surface area contributed by atoms with E-state index in [-0.39, 0.29) is 0 Å². The van der Waals surface area contributed by atoms with E-state index in [1.165, 1.54) is 12.8 Å². The molecule has 0 aromatic heterocycles. The molecule has 1 saturated carbocycles. The lowest BCUT2D eigenvalue weighted by molar-refractivity contribution is 0.482. The molecule has 1 heteroatoms. The van der Waals surface area contributed by atoms with E-state index >= 15 is 0 Å². The summed E-state index contributed by atoms with van der Waals surface area (Å²) in [6, 6.07) is 1.10. The maximum atomic E-state index is 4.03. The lowest BCUT2D eigenvalue weighted by atomic mass is 10.2. The van der Waals surface area contributed by atoms with E-state index in [4.69, 9.17) is 0 Å². The first-order valence-corrected chi connectivity index (χ1v) is 3.79. The van der Waals surface area contributed by atoms with Crippen LogP contribution in [-0.2, 0) is 0 Å². The van der Waals surface area contributed by atoms with Crippen molar-refractivity contribution in [3.8, 4) is 0 Å². The summed E-state index contributed by atoms with van der Waals surface area (Å²) < 4.78 is 0. The Kier molecular flexibility index (Phi) is 2.12. The molecule has 1 radical (unpaired) electrons. The number of hydrogen-bond acceptors (Lipinski definition) is 1. The highest BCUT2D eigenvalue weighted by atomic mass is 14.9. The van der Waals surface area contributed by atoms with Gasteiger partial charge in [0.05, 0.1) is 0 Å². The molecule has 0 aromatic rings. The molecule has 0 heterocycles. The standard InChI is InChI=1S/C8H16N/c1-6(2)9-7(3)8-4-5-8/h6-9H,3-5H2,1-2H3. The van der Waals surface area contributed by atoms with Gasteiger partial charge in [-0.1, -0.05) is 13.8 Å². The molecule has 1 nitrogen and oxygen atoms in total. The van der Waals surface area contributed by atoms with Crippen molar-refractivity contribution < 1.29 is 0 Å². The Bertz CT molecular complexity index is 84.6. The number of nitrogens with one attached hydrogen (secondary N) is 1. The molecule has 1 aliphatic carbocycles. The summed E-state index contributed by atoms with van der Waals surface area (Å²) in [5.74, 6) is 0.882. The fourth-order valence-electron chi connectivity index (χ4n) is 1.06. The van der Waals surface area contributed by atoms with Gasteiger partial charge < -0.3 is 5.32 Å². The SMILES string of the molecule is [CH2]C(NC(C)C)C1CC1. The monoisotopic (exact) mass is 126 g/mol. The van der Waals surface area contributed by atoms with Crippen molar-refractivity contribution in [2.24, 2.45) is 5.92 Å². The second-order valence-corrected chi connectivity index (χ2v) is 3.27. The number of rotatable bonds is 3. The van der Waals surface area contributed by atoms with Crippen LogP contribution in [0, 0.1) is 12.8 Å². The van der Waals surface area contributed by atoms with E-state index < -0.39 is 0 Å². The van der Waals surface area contributed by atoms with E-state index in [1.54, 1.807) is 0 Å².